The molecule has 2 aromatic rings. The van der Waals surface area contributed by atoms with Crippen LogP contribution in [-0.2, 0) is 20.8 Å². The number of ether oxygens (including phenoxy) is 4. The first kappa shape index (κ1) is 25.7. The van der Waals surface area contributed by atoms with E-state index in [1.54, 1.807) is 43.6 Å². The summed E-state index contributed by atoms with van der Waals surface area (Å²) in [5, 5.41) is 11.3. The van der Waals surface area contributed by atoms with Gasteiger partial charge in [-0.1, -0.05) is 26.0 Å². The summed E-state index contributed by atoms with van der Waals surface area (Å²) in [7, 11) is 1.56. The zero-order valence-corrected chi connectivity index (χ0v) is 20.2. The maximum atomic E-state index is 12.5. The Morgan fingerprint density at radius 2 is 1.91 bits per heavy atom. The maximum absolute atomic E-state index is 12.5. The van der Waals surface area contributed by atoms with E-state index in [9.17, 15) is 9.59 Å². The highest BCUT2D eigenvalue weighted by molar-refractivity contribution is 6.00. The summed E-state index contributed by atoms with van der Waals surface area (Å²) in [6, 6.07) is 12.1. The van der Waals surface area contributed by atoms with E-state index in [0.717, 1.165) is 11.1 Å². The van der Waals surface area contributed by atoms with Crippen molar-refractivity contribution >= 4 is 29.3 Å². The van der Waals surface area contributed by atoms with Crippen LogP contribution in [0.15, 0.2) is 48.7 Å². The number of benzene rings is 2. The van der Waals surface area contributed by atoms with Crippen LogP contribution in [0.1, 0.15) is 31.4 Å². The number of methoxy groups -OCH3 is 1. The van der Waals surface area contributed by atoms with E-state index in [2.05, 4.69) is 21.3 Å². The molecule has 0 spiro atoms. The third-order valence-electron chi connectivity index (χ3n) is 5.05. The Bertz CT molecular complexity index is 1040. The van der Waals surface area contributed by atoms with Crippen molar-refractivity contribution in [2.45, 2.75) is 32.9 Å². The van der Waals surface area contributed by atoms with Gasteiger partial charge < -0.3 is 40.2 Å². The number of hydrogen-bond donors (Lipinski definition) is 4. The number of rotatable bonds is 7. The molecule has 0 radical (unpaired) electrons. The van der Waals surface area contributed by atoms with Gasteiger partial charge in [0.05, 0.1) is 25.9 Å². The van der Waals surface area contributed by atoms with Crippen LogP contribution in [0.4, 0.5) is 21.0 Å². The summed E-state index contributed by atoms with van der Waals surface area (Å²) in [5.74, 6) is 1.25. The van der Waals surface area contributed by atoms with E-state index in [1.165, 1.54) is 0 Å². The normalized spacial score (nSPS) is 16.0. The van der Waals surface area contributed by atoms with Gasteiger partial charge in [0.25, 0.3) is 0 Å². The van der Waals surface area contributed by atoms with Gasteiger partial charge in [-0.2, -0.15) is 0 Å². The number of urea groups is 1. The lowest BCUT2D eigenvalue weighted by atomic mass is 10.1. The number of alkyl carbamates (subject to hydrolysis) is 1. The summed E-state index contributed by atoms with van der Waals surface area (Å²) >= 11 is 0. The first-order valence-corrected chi connectivity index (χ1v) is 11.5. The SMILES string of the molecule is CC.COc1cc(NC(=O)Nc2cccc(CNC(=O)O[C@H]3CCOC3)c2)ccc1C1=CNCO1. The van der Waals surface area contributed by atoms with E-state index >= 15 is 0 Å². The Hall–Kier alpha value is -3.92. The molecule has 1 saturated heterocycles. The van der Waals surface area contributed by atoms with Crippen molar-refractivity contribution in [3.05, 3.63) is 59.8 Å². The summed E-state index contributed by atoms with van der Waals surface area (Å²) in [5.41, 5.74) is 2.75. The molecular weight excluding hydrogens is 452 g/mol. The molecule has 0 unspecified atom stereocenters. The molecule has 0 aromatic heterocycles. The average Bonchev–Trinajstić information content (AvgIpc) is 3.59. The first-order valence-electron chi connectivity index (χ1n) is 11.5. The topological polar surface area (TPSA) is 119 Å². The number of hydrogen-bond acceptors (Lipinski definition) is 7. The maximum Gasteiger partial charge on any atom is 0.407 e. The Balaban J connectivity index is 0.00000167. The van der Waals surface area contributed by atoms with Gasteiger partial charge in [-0.25, -0.2) is 9.59 Å². The minimum atomic E-state index is -0.492. The van der Waals surface area contributed by atoms with Crippen molar-refractivity contribution in [3.8, 4) is 5.75 Å². The van der Waals surface area contributed by atoms with E-state index < -0.39 is 12.1 Å². The van der Waals surface area contributed by atoms with Gasteiger partial charge in [-0.05, 0) is 29.8 Å². The predicted molar refractivity (Wildman–Crippen MR) is 133 cm³/mol. The second-order valence-electron chi connectivity index (χ2n) is 7.44. The summed E-state index contributed by atoms with van der Waals surface area (Å²) in [6.45, 7) is 5.72. The molecule has 1 fully saturated rings. The molecule has 3 amide bonds. The zero-order chi connectivity index (χ0) is 25.0. The fraction of sp³-hybridized carbons (Fsp3) is 0.360. The molecule has 2 heterocycles. The van der Waals surface area contributed by atoms with Crippen molar-refractivity contribution in [2.24, 2.45) is 0 Å². The van der Waals surface area contributed by atoms with Crippen molar-refractivity contribution in [2.75, 3.05) is 37.7 Å². The average molecular weight is 485 g/mol. The number of nitrogens with one attached hydrogen (secondary N) is 4. The molecule has 4 rings (SSSR count). The van der Waals surface area contributed by atoms with Crippen molar-refractivity contribution in [3.63, 3.8) is 0 Å². The summed E-state index contributed by atoms with van der Waals surface area (Å²) in [6.07, 6.45) is 1.78. The molecule has 10 heteroatoms. The second kappa shape index (κ2) is 13.1. The van der Waals surface area contributed by atoms with E-state index in [1.807, 2.05) is 26.0 Å². The molecular formula is C25H32N4O6. The smallest absolute Gasteiger partial charge is 0.407 e. The molecule has 2 aromatic carbocycles. The molecule has 0 bridgehead atoms. The predicted octanol–water partition coefficient (Wildman–Crippen LogP) is 4.26. The first-order chi connectivity index (χ1) is 17.1. The zero-order valence-electron chi connectivity index (χ0n) is 20.2. The Labute approximate surface area is 205 Å². The number of carbonyl (C=O) groups excluding carboxylic acids is 2. The van der Waals surface area contributed by atoms with Crippen LogP contribution in [0, 0.1) is 0 Å². The molecule has 2 aliphatic rings. The summed E-state index contributed by atoms with van der Waals surface area (Å²) < 4.78 is 21.4. The fourth-order valence-electron chi connectivity index (χ4n) is 3.45. The molecule has 35 heavy (non-hydrogen) atoms. The molecule has 10 nitrogen and oxygen atoms in total. The number of carbonyl (C=O) groups is 2. The van der Waals surface area contributed by atoms with Gasteiger partial charge >= 0.3 is 12.1 Å². The van der Waals surface area contributed by atoms with Gasteiger partial charge in [-0.3, -0.25) is 0 Å². The highest BCUT2D eigenvalue weighted by Crippen LogP contribution is 2.30. The minimum Gasteiger partial charge on any atom is -0.496 e. The highest BCUT2D eigenvalue weighted by Gasteiger charge is 2.19. The largest absolute Gasteiger partial charge is 0.496 e. The standard InChI is InChI=1S/C23H26N4O6.C2H6/c1-30-20-10-17(5-6-19(20)21-12-24-14-32-21)27-22(28)26-16-4-2-3-15(9-16)11-25-23(29)33-18-7-8-31-13-18;1-2/h2-6,9-10,12,18,24H,7-8,11,13-14H2,1H3,(H,25,29)(H2,26,27,28);1-2H3/t18-;/m0./s1. The Morgan fingerprint density at radius 1 is 1.11 bits per heavy atom. The van der Waals surface area contributed by atoms with Crippen molar-refractivity contribution < 1.29 is 28.5 Å². The van der Waals surface area contributed by atoms with Gasteiger partial charge in [-0.15, -0.1) is 0 Å². The quantitative estimate of drug-likeness (QED) is 0.464. The molecule has 1 atom stereocenters. The van der Waals surface area contributed by atoms with Crippen molar-refractivity contribution in [1.82, 2.24) is 10.6 Å². The van der Waals surface area contributed by atoms with Crippen LogP contribution in [0.25, 0.3) is 5.76 Å². The molecule has 0 aliphatic carbocycles. The lowest BCUT2D eigenvalue weighted by Crippen LogP contribution is -2.28. The fourth-order valence-corrected chi connectivity index (χ4v) is 3.45. The second-order valence-corrected chi connectivity index (χ2v) is 7.44. The number of amides is 3. The molecule has 188 valence electrons. The van der Waals surface area contributed by atoms with Gasteiger partial charge in [0.1, 0.15) is 17.6 Å². The van der Waals surface area contributed by atoms with Gasteiger partial charge in [0, 0.05) is 36.6 Å². The third-order valence-corrected chi connectivity index (χ3v) is 5.05. The Morgan fingerprint density at radius 3 is 2.60 bits per heavy atom. The third kappa shape index (κ3) is 7.54. The lowest BCUT2D eigenvalue weighted by molar-refractivity contribution is 0.0828. The van der Waals surface area contributed by atoms with Crippen LogP contribution in [0.3, 0.4) is 0 Å². The highest BCUT2D eigenvalue weighted by atomic mass is 16.6. The summed E-state index contributed by atoms with van der Waals surface area (Å²) in [4.78, 5) is 24.4. The lowest BCUT2D eigenvalue weighted by Gasteiger charge is -2.13. The molecule has 0 saturated carbocycles. The van der Waals surface area contributed by atoms with Gasteiger partial charge in [0.15, 0.2) is 6.73 Å². The van der Waals surface area contributed by atoms with Crippen LogP contribution in [0.2, 0.25) is 0 Å². The number of anilines is 2. The molecule has 4 N–H and O–H groups in total. The van der Waals surface area contributed by atoms with Crippen LogP contribution >= 0.6 is 0 Å². The van der Waals surface area contributed by atoms with Crippen molar-refractivity contribution in [1.29, 1.82) is 0 Å². The molecule has 2 aliphatic heterocycles. The van der Waals surface area contributed by atoms with E-state index in [-0.39, 0.29) is 12.6 Å². The van der Waals surface area contributed by atoms with E-state index in [0.29, 0.717) is 49.2 Å². The monoisotopic (exact) mass is 484 g/mol. The van der Waals surface area contributed by atoms with Crippen LogP contribution in [0.5, 0.6) is 5.75 Å². The van der Waals surface area contributed by atoms with Crippen LogP contribution in [-0.4, -0.2) is 45.3 Å². The van der Waals surface area contributed by atoms with Crippen LogP contribution < -0.4 is 26.0 Å². The minimum absolute atomic E-state index is 0.200. The van der Waals surface area contributed by atoms with Gasteiger partial charge in [0.2, 0.25) is 0 Å². The van der Waals surface area contributed by atoms with E-state index in [4.69, 9.17) is 18.9 Å². The Kier molecular flexibility index (Phi) is 9.61.